The zero-order valence-electron chi connectivity index (χ0n) is 11.5. The molecule has 0 unspecified atom stereocenters. The van der Waals surface area contributed by atoms with E-state index in [0.717, 1.165) is 38.5 Å². The lowest BCUT2D eigenvalue weighted by atomic mass is 10.2. The first-order valence-electron chi connectivity index (χ1n) is 6.67. The van der Waals surface area contributed by atoms with Crippen LogP contribution in [-0.2, 0) is 16.1 Å². The van der Waals surface area contributed by atoms with Crippen LogP contribution in [0.4, 0.5) is 0 Å². The van der Waals surface area contributed by atoms with Gasteiger partial charge in [0.1, 0.15) is 18.3 Å². The Morgan fingerprint density at radius 3 is 2.79 bits per heavy atom. The van der Waals surface area contributed by atoms with Crippen molar-refractivity contribution in [1.29, 1.82) is 0 Å². The first kappa shape index (κ1) is 14.0. The average Bonchev–Trinajstić information content (AvgIpc) is 2.92. The molecule has 0 aromatic carbocycles. The minimum atomic E-state index is -0.342. The zero-order chi connectivity index (χ0) is 13.7. The van der Waals surface area contributed by atoms with E-state index in [2.05, 4.69) is 20.1 Å². The van der Waals surface area contributed by atoms with E-state index in [1.54, 1.807) is 0 Å². The fraction of sp³-hybridized carbons (Fsp3) is 0.750. The maximum absolute atomic E-state index is 12.1. The Kier molecular flexibility index (Phi) is 4.86. The standard InChI is InChI=1S/C12H21N5O2/c1-3-19-10(2)12(18)17-6-4-16(5-7-17)8-11-13-9-14-15-11/h9-10H,3-8H2,1-2H3,(H,13,14,15)/t10-/m0/s1. The highest BCUT2D eigenvalue weighted by molar-refractivity contribution is 5.80. The van der Waals surface area contributed by atoms with Gasteiger partial charge in [-0.05, 0) is 13.8 Å². The lowest BCUT2D eigenvalue weighted by molar-refractivity contribution is -0.144. The van der Waals surface area contributed by atoms with E-state index in [1.165, 1.54) is 6.33 Å². The van der Waals surface area contributed by atoms with Gasteiger partial charge in [-0.3, -0.25) is 14.8 Å². The minimum Gasteiger partial charge on any atom is -0.369 e. The number of carbonyl (C=O) groups excluding carboxylic acids is 1. The molecule has 0 spiro atoms. The van der Waals surface area contributed by atoms with Crippen molar-refractivity contribution in [1.82, 2.24) is 25.0 Å². The SMILES string of the molecule is CCO[C@@H](C)C(=O)N1CCN(Cc2ncn[nH]2)CC1. The second-order valence-electron chi connectivity index (χ2n) is 4.63. The van der Waals surface area contributed by atoms with Crippen LogP contribution < -0.4 is 0 Å². The van der Waals surface area contributed by atoms with Gasteiger partial charge in [-0.2, -0.15) is 5.10 Å². The molecule has 106 valence electrons. The molecule has 0 bridgehead atoms. The van der Waals surface area contributed by atoms with Crippen molar-refractivity contribution in [2.24, 2.45) is 0 Å². The highest BCUT2D eigenvalue weighted by Gasteiger charge is 2.25. The first-order chi connectivity index (χ1) is 9.20. The van der Waals surface area contributed by atoms with Crippen molar-refractivity contribution < 1.29 is 9.53 Å². The molecular weight excluding hydrogens is 246 g/mol. The van der Waals surface area contributed by atoms with E-state index in [9.17, 15) is 4.79 Å². The third-order valence-electron chi connectivity index (χ3n) is 3.29. The summed E-state index contributed by atoms with van der Waals surface area (Å²) in [5.41, 5.74) is 0. The molecule has 0 saturated carbocycles. The summed E-state index contributed by atoms with van der Waals surface area (Å²) in [6.45, 7) is 8.22. The Bertz CT molecular complexity index is 387. The van der Waals surface area contributed by atoms with E-state index < -0.39 is 0 Å². The fourth-order valence-electron chi connectivity index (χ4n) is 2.22. The lowest BCUT2D eigenvalue weighted by Crippen LogP contribution is -2.51. The van der Waals surface area contributed by atoms with E-state index >= 15 is 0 Å². The van der Waals surface area contributed by atoms with Crippen LogP contribution in [0.1, 0.15) is 19.7 Å². The fourth-order valence-corrected chi connectivity index (χ4v) is 2.22. The summed E-state index contributed by atoms with van der Waals surface area (Å²) in [5.74, 6) is 0.948. The number of hydrogen-bond donors (Lipinski definition) is 1. The number of aromatic amines is 1. The molecule has 1 aliphatic heterocycles. The number of ether oxygens (including phenoxy) is 1. The van der Waals surface area contributed by atoms with E-state index in [-0.39, 0.29) is 12.0 Å². The summed E-state index contributed by atoms with van der Waals surface area (Å²) >= 11 is 0. The highest BCUT2D eigenvalue weighted by Crippen LogP contribution is 2.07. The third kappa shape index (κ3) is 3.74. The molecule has 2 rings (SSSR count). The van der Waals surface area contributed by atoms with Crippen LogP contribution in [0.5, 0.6) is 0 Å². The van der Waals surface area contributed by atoms with Crippen molar-refractivity contribution in [3.8, 4) is 0 Å². The van der Waals surface area contributed by atoms with Gasteiger partial charge in [0.05, 0.1) is 6.54 Å². The molecule has 0 radical (unpaired) electrons. The van der Waals surface area contributed by atoms with Gasteiger partial charge in [0.15, 0.2) is 0 Å². The predicted octanol–water partition coefficient (Wildman–Crippen LogP) is -0.126. The number of hydrogen-bond acceptors (Lipinski definition) is 5. The van der Waals surface area contributed by atoms with E-state index in [1.807, 2.05) is 18.7 Å². The van der Waals surface area contributed by atoms with Gasteiger partial charge in [0, 0.05) is 32.8 Å². The predicted molar refractivity (Wildman–Crippen MR) is 69.3 cm³/mol. The summed E-state index contributed by atoms with van der Waals surface area (Å²) in [6, 6.07) is 0. The number of aromatic nitrogens is 3. The zero-order valence-corrected chi connectivity index (χ0v) is 11.5. The van der Waals surface area contributed by atoms with E-state index in [4.69, 9.17) is 4.74 Å². The molecular formula is C12H21N5O2. The van der Waals surface area contributed by atoms with Gasteiger partial charge < -0.3 is 9.64 Å². The van der Waals surface area contributed by atoms with Gasteiger partial charge >= 0.3 is 0 Å². The summed E-state index contributed by atoms with van der Waals surface area (Å²) in [7, 11) is 0. The number of nitrogens with zero attached hydrogens (tertiary/aromatic N) is 4. The molecule has 1 aromatic heterocycles. The largest absolute Gasteiger partial charge is 0.369 e. The molecule has 1 N–H and O–H groups in total. The second kappa shape index (κ2) is 6.63. The maximum Gasteiger partial charge on any atom is 0.251 e. The molecule has 7 heteroatoms. The molecule has 7 nitrogen and oxygen atoms in total. The number of H-pyrrole nitrogens is 1. The summed E-state index contributed by atoms with van der Waals surface area (Å²) in [4.78, 5) is 20.3. The van der Waals surface area contributed by atoms with Crippen LogP contribution in [0, 0.1) is 0 Å². The molecule has 1 amide bonds. The summed E-state index contributed by atoms with van der Waals surface area (Å²) in [6.07, 6.45) is 1.17. The quantitative estimate of drug-likeness (QED) is 0.804. The Morgan fingerprint density at radius 2 is 2.21 bits per heavy atom. The van der Waals surface area contributed by atoms with Gasteiger partial charge in [-0.15, -0.1) is 0 Å². The molecule has 1 saturated heterocycles. The van der Waals surface area contributed by atoms with Crippen molar-refractivity contribution in [3.63, 3.8) is 0 Å². The minimum absolute atomic E-state index is 0.0844. The van der Waals surface area contributed by atoms with Gasteiger partial charge in [0.25, 0.3) is 5.91 Å². The number of rotatable bonds is 5. The molecule has 1 aliphatic rings. The Hall–Kier alpha value is -1.47. The van der Waals surface area contributed by atoms with Gasteiger partial charge in [0.2, 0.25) is 0 Å². The maximum atomic E-state index is 12.1. The molecule has 1 aromatic rings. The van der Waals surface area contributed by atoms with Crippen molar-refractivity contribution >= 4 is 5.91 Å². The Balaban J connectivity index is 1.77. The van der Waals surface area contributed by atoms with Crippen molar-refractivity contribution in [3.05, 3.63) is 12.2 Å². The topological polar surface area (TPSA) is 74.3 Å². The Labute approximate surface area is 112 Å². The van der Waals surface area contributed by atoms with Crippen molar-refractivity contribution in [2.45, 2.75) is 26.5 Å². The molecule has 1 atom stereocenters. The highest BCUT2D eigenvalue weighted by atomic mass is 16.5. The first-order valence-corrected chi connectivity index (χ1v) is 6.67. The molecule has 0 aliphatic carbocycles. The van der Waals surface area contributed by atoms with Crippen LogP contribution in [0.15, 0.2) is 6.33 Å². The third-order valence-corrected chi connectivity index (χ3v) is 3.29. The Morgan fingerprint density at radius 1 is 1.47 bits per heavy atom. The van der Waals surface area contributed by atoms with Crippen molar-refractivity contribution in [2.75, 3.05) is 32.8 Å². The lowest BCUT2D eigenvalue weighted by Gasteiger charge is -2.35. The number of piperazine rings is 1. The average molecular weight is 267 g/mol. The molecule has 1 fully saturated rings. The van der Waals surface area contributed by atoms with E-state index in [0.29, 0.717) is 6.61 Å². The monoisotopic (exact) mass is 267 g/mol. The molecule has 19 heavy (non-hydrogen) atoms. The number of nitrogens with one attached hydrogen (secondary N) is 1. The van der Waals surface area contributed by atoms with Crippen LogP contribution >= 0.6 is 0 Å². The molecule has 2 heterocycles. The van der Waals surface area contributed by atoms with Crippen LogP contribution in [-0.4, -0.2) is 69.8 Å². The van der Waals surface area contributed by atoms with Gasteiger partial charge in [-0.1, -0.05) is 0 Å². The smallest absolute Gasteiger partial charge is 0.251 e. The number of carbonyl (C=O) groups is 1. The van der Waals surface area contributed by atoms with Crippen LogP contribution in [0.25, 0.3) is 0 Å². The summed E-state index contributed by atoms with van der Waals surface area (Å²) < 4.78 is 5.34. The van der Waals surface area contributed by atoms with Crippen LogP contribution in [0.2, 0.25) is 0 Å². The van der Waals surface area contributed by atoms with Crippen LogP contribution in [0.3, 0.4) is 0 Å². The second-order valence-corrected chi connectivity index (χ2v) is 4.63. The summed E-state index contributed by atoms with van der Waals surface area (Å²) in [5, 5.41) is 6.68. The number of amides is 1. The normalized spacial score (nSPS) is 18.5. The van der Waals surface area contributed by atoms with Gasteiger partial charge in [-0.25, -0.2) is 4.98 Å².